The lowest BCUT2D eigenvalue weighted by Crippen LogP contribution is -2.29. The van der Waals surface area contributed by atoms with Crippen molar-refractivity contribution in [2.75, 3.05) is 5.43 Å². The number of hydrogen-bond donors (Lipinski definition) is 2. The number of carbonyl (C=O) groups excluding carboxylic acids is 1. The Morgan fingerprint density at radius 3 is 2.81 bits per heavy atom. The number of rotatable bonds is 8. The Bertz CT molecular complexity index is 853. The zero-order valence-corrected chi connectivity index (χ0v) is 14.7. The van der Waals surface area contributed by atoms with E-state index in [0.717, 1.165) is 17.0 Å². The van der Waals surface area contributed by atoms with E-state index in [4.69, 9.17) is 5.26 Å². The molecule has 2 N–H and O–H groups in total. The Labute approximate surface area is 150 Å². The van der Waals surface area contributed by atoms with Crippen LogP contribution in [-0.2, 0) is 17.8 Å². The Morgan fingerprint density at radius 1 is 1.38 bits per heavy atom. The van der Waals surface area contributed by atoms with Crippen LogP contribution < -0.4 is 10.9 Å². The molecule has 2 rings (SSSR count). The first kappa shape index (κ1) is 18.9. The van der Waals surface area contributed by atoms with Crippen LogP contribution in [0.5, 0.6) is 0 Å². The minimum atomic E-state index is -0.517. The molecule has 0 radical (unpaired) electrons. The van der Waals surface area contributed by atoms with Crippen molar-refractivity contribution in [2.45, 2.75) is 39.7 Å². The zero-order chi connectivity index (χ0) is 19.1. The van der Waals surface area contributed by atoms with Gasteiger partial charge in [-0.15, -0.1) is 0 Å². The number of aromatic nitrogens is 2. The number of benzene rings is 1. The van der Waals surface area contributed by atoms with Crippen LogP contribution in [0.2, 0.25) is 0 Å². The van der Waals surface area contributed by atoms with Crippen LogP contribution in [0.3, 0.4) is 0 Å². The predicted octanol–water partition coefficient (Wildman–Crippen LogP) is 2.40. The summed E-state index contributed by atoms with van der Waals surface area (Å²) < 4.78 is 1.78. The van der Waals surface area contributed by atoms with Gasteiger partial charge in [-0.1, -0.05) is 12.1 Å². The molecule has 1 heterocycles. The first-order chi connectivity index (χ1) is 12.4. The smallest absolute Gasteiger partial charge is 0.292 e. The first-order valence-electron chi connectivity index (χ1n) is 8.12. The van der Waals surface area contributed by atoms with Crippen molar-refractivity contribution >= 4 is 17.3 Å². The molecule has 136 valence electrons. The van der Waals surface area contributed by atoms with Gasteiger partial charge in [-0.25, -0.2) is 0 Å². The number of hydrogen-bond acceptors (Lipinski definition) is 6. The normalized spacial score (nSPS) is 10.2. The van der Waals surface area contributed by atoms with E-state index in [1.54, 1.807) is 16.8 Å². The number of hydrazine groups is 1. The molecule has 0 unspecified atom stereocenters. The molecule has 0 spiro atoms. The van der Waals surface area contributed by atoms with E-state index in [1.807, 2.05) is 13.8 Å². The second-order valence-electron chi connectivity index (χ2n) is 5.73. The van der Waals surface area contributed by atoms with Crippen molar-refractivity contribution in [3.63, 3.8) is 0 Å². The molecule has 0 saturated heterocycles. The average Bonchev–Trinajstić information content (AvgIpc) is 2.89. The Hall–Kier alpha value is -3.41. The monoisotopic (exact) mass is 356 g/mol. The molecule has 0 bridgehead atoms. The Balaban J connectivity index is 1.93. The number of nitrogens with zero attached hydrogens (tertiary/aromatic N) is 4. The largest absolute Gasteiger partial charge is 0.294 e. The van der Waals surface area contributed by atoms with Gasteiger partial charge in [0.2, 0.25) is 5.91 Å². The standard InChI is InChI=1S/C17H20N6O3/c1-12-14(13(2)22(21-12)11-5-10-18)8-9-17(24)20-19-15-6-3-4-7-16(15)23(25)26/h3-4,6-7,19H,5,8-9,11H2,1-2H3,(H,20,24). The summed E-state index contributed by atoms with van der Waals surface area (Å²) in [5.74, 6) is -0.285. The lowest BCUT2D eigenvalue weighted by Gasteiger charge is -2.09. The first-order valence-corrected chi connectivity index (χ1v) is 8.12. The quantitative estimate of drug-likeness (QED) is 0.552. The van der Waals surface area contributed by atoms with Gasteiger partial charge in [-0.05, 0) is 31.9 Å². The SMILES string of the molecule is Cc1nn(CCC#N)c(C)c1CCC(=O)NNc1ccccc1[N+](=O)[O-]. The van der Waals surface area contributed by atoms with Gasteiger partial charge in [0, 0.05) is 18.2 Å². The summed E-state index contributed by atoms with van der Waals surface area (Å²) in [4.78, 5) is 22.5. The second kappa shape index (κ2) is 8.62. The predicted molar refractivity (Wildman–Crippen MR) is 95.1 cm³/mol. The van der Waals surface area contributed by atoms with Crippen molar-refractivity contribution in [2.24, 2.45) is 0 Å². The maximum atomic E-state index is 12.1. The minimum absolute atomic E-state index is 0.113. The highest BCUT2D eigenvalue weighted by molar-refractivity contribution is 5.78. The number of nitriles is 1. The van der Waals surface area contributed by atoms with Crippen molar-refractivity contribution in [1.82, 2.24) is 15.2 Å². The van der Waals surface area contributed by atoms with E-state index >= 15 is 0 Å². The van der Waals surface area contributed by atoms with Crippen LogP contribution in [0, 0.1) is 35.3 Å². The molecule has 2 aromatic rings. The number of nitrogens with one attached hydrogen (secondary N) is 2. The summed E-state index contributed by atoms with van der Waals surface area (Å²) in [6.07, 6.45) is 1.08. The zero-order valence-electron chi connectivity index (χ0n) is 14.7. The lowest BCUT2D eigenvalue weighted by molar-refractivity contribution is -0.384. The molecule has 0 aliphatic rings. The van der Waals surface area contributed by atoms with E-state index in [0.29, 0.717) is 19.4 Å². The number of carbonyl (C=O) groups is 1. The Morgan fingerprint density at radius 2 is 2.12 bits per heavy atom. The number of amides is 1. The number of para-hydroxylation sites is 2. The van der Waals surface area contributed by atoms with Crippen molar-refractivity contribution < 1.29 is 9.72 Å². The summed E-state index contributed by atoms with van der Waals surface area (Å²) in [5, 5.41) is 24.0. The number of nitro groups is 1. The van der Waals surface area contributed by atoms with Crippen LogP contribution in [0.25, 0.3) is 0 Å². The van der Waals surface area contributed by atoms with Crippen molar-refractivity contribution in [3.05, 3.63) is 51.3 Å². The number of anilines is 1. The molecule has 26 heavy (non-hydrogen) atoms. The van der Waals surface area contributed by atoms with E-state index in [2.05, 4.69) is 22.0 Å². The topological polar surface area (TPSA) is 126 Å². The summed E-state index contributed by atoms with van der Waals surface area (Å²) in [7, 11) is 0. The molecule has 9 heteroatoms. The molecule has 1 aromatic heterocycles. The third-order valence-electron chi connectivity index (χ3n) is 4.01. The molecule has 9 nitrogen and oxygen atoms in total. The Kier molecular flexibility index (Phi) is 6.27. The molecule has 1 aromatic carbocycles. The fourth-order valence-electron chi connectivity index (χ4n) is 2.65. The van der Waals surface area contributed by atoms with E-state index in [-0.39, 0.29) is 23.7 Å². The molecule has 0 aliphatic heterocycles. The van der Waals surface area contributed by atoms with Crippen molar-refractivity contribution in [1.29, 1.82) is 5.26 Å². The van der Waals surface area contributed by atoms with Gasteiger partial charge < -0.3 is 0 Å². The van der Waals surface area contributed by atoms with Crippen LogP contribution in [0.4, 0.5) is 11.4 Å². The van der Waals surface area contributed by atoms with E-state index < -0.39 is 4.92 Å². The number of aryl methyl sites for hydroxylation is 2. The lowest BCUT2D eigenvalue weighted by atomic mass is 10.1. The molecular weight excluding hydrogens is 336 g/mol. The highest BCUT2D eigenvalue weighted by Crippen LogP contribution is 2.22. The van der Waals surface area contributed by atoms with E-state index in [9.17, 15) is 14.9 Å². The molecule has 1 amide bonds. The summed E-state index contributed by atoms with van der Waals surface area (Å²) in [5.41, 5.74) is 7.94. The van der Waals surface area contributed by atoms with Crippen molar-refractivity contribution in [3.8, 4) is 6.07 Å². The van der Waals surface area contributed by atoms with Gasteiger partial charge in [0.1, 0.15) is 5.69 Å². The van der Waals surface area contributed by atoms with Gasteiger partial charge in [-0.3, -0.25) is 30.4 Å². The number of nitro benzene ring substituents is 1. The van der Waals surface area contributed by atoms with Crippen LogP contribution >= 0.6 is 0 Å². The van der Waals surface area contributed by atoms with Crippen LogP contribution in [0.15, 0.2) is 24.3 Å². The summed E-state index contributed by atoms with van der Waals surface area (Å²) in [6.45, 7) is 4.31. The maximum absolute atomic E-state index is 12.1. The molecule has 0 atom stereocenters. The van der Waals surface area contributed by atoms with Crippen LogP contribution in [-0.4, -0.2) is 20.6 Å². The summed E-state index contributed by atoms with van der Waals surface area (Å²) >= 11 is 0. The van der Waals surface area contributed by atoms with Crippen LogP contribution in [0.1, 0.15) is 29.8 Å². The molecular formula is C17H20N6O3. The fraction of sp³-hybridized carbons (Fsp3) is 0.353. The van der Waals surface area contributed by atoms with Gasteiger partial charge in [0.05, 0.1) is 29.7 Å². The maximum Gasteiger partial charge on any atom is 0.294 e. The van der Waals surface area contributed by atoms with Gasteiger partial charge in [-0.2, -0.15) is 10.4 Å². The van der Waals surface area contributed by atoms with Gasteiger partial charge in [0.25, 0.3) is 5.69 Å². The van der Waals surface area contributed by atoms with Gasteiger partial charge >= 0.3 is 0 Å². The second-order valence-corrected chi connectivity index (χ2v) is 5.73. The van der Waals surface area contributed by atoms with Gasteiger partial charge in [0.15, 0.2) is 0 Å². The molecule has 0 fully saturated rings. The molecule has 0 aliphatic carbocycles. The fourth-order valence-corrected chi connectivity index (χ4v) is 2.65. The highest BCUT2D eigenvalue weighted by Gasteiger charge is 2.15. The highest BCUT2D eigenvalue weighted by atomic mass is 16.6. The average molecular weight is 356 g/mol. The van der Waals surface area contributed by atoms with E-state index in [1.165, 1.54) is 12.1 Å². The summed E-state index contributed by atoms with van der Waals surface area (Å²) in [6, 6.07) is 8.16. The third kappa shape index (κ3) is 4.57. The molecule has 0 saturated carbocycles. The third-order valence-corrected chi connectivity index (χ3v) is 4.01. The minimum Gasteiger partial charge on any atom is -0.292 e.